The molecule has 3 heteroatoms. The summed E-state index contributed by atoms with van der Waals surface area (Å²) in [5.41, 5.74) is -0.240. The maximum Gasteiger partial charge on any atom is 0.0758 e. The van der Waals surface area contributed by atoms with Gasteiger partial charge in [0.2, 0.25) is 0 Å². The van der Waals surface area contributed by atoms with E-state index in [2.05, 4.69) is 31.7 Å². The largest absolute Gasteiger partial charge is 0.389 e. The minimum Gasteiger partial charge on any atom is -0.389 e. The molecule has 108 valence electrons. The Bertz CT molecular complexity index is 364. The lowest BCUT2D eigenvalue weighted by molar-refractivity contribution is 0.0358. The van der Waals surface area contributed by atoms with E-state index < -0.39 is 5.60 Å². The Kier molecular flexibility index (Phi) is 3.95. The van der Waals surface area contributed by atoms with Gasteiger partial charge in [0, 0.05) is 19.1 Å². The Labute approximate surface area is 117 Å². The third-order valence-corrected chi connectivity index (χ3v) is 5.16. The Morgan fingerprint density at radius 3 is 2.47 bits per heavy atom. The summed E-state index contributed by atoms with van der Waals surface area (Å²) >= 11 is 0. The van der Waals surface area contributed by atoms with Gasteiger partial charge in [-0.05, 0) is 43.9 Å². The average molecular weight is 264 g/mol. The molecule has 0 spiro atoms. The van der Waals surface area contributed by atoms with E-state index in [0.29, 0.717) is 17.4 Å². The van der Waals surface area contributed by atoms with Gasteiger partial charge in [-0.3, -0.25) is 4.90 Å². The molecule has 1 saturated carbocycles. The van der Waals surface area contributed by atoms with Crippen LogP contribution < -0.4 is 0 Å². The summed E-state index contributed by atoms with van der Waals surface area (Å²) in [5.74, 6) is 0.833. The van der Waals surface area contributed by atoms with Gasteiger partial charge in [0.15, 0.2) is 0 Å². The van der Waals surface area contributed by atoms with E-state index >= 15 is 0 Å². The Morgan fingerprint density at radius 1 is 1.32 bits per heavy atom. The molecule has 0 aromatic rings. The lowest BCUT2D eigenvalue weighted by Gasteiger charge is -2.43. The van der Waals surface area contributed by atoms with Crippen LogP contribution in [0.1, 0.15) is 53.4 Å². The standard InChI is InChI=1S/C16H28N2O/c1-15(2,3)13-6-5-12(10-17)14(9-13)18-8-7-16(4,19)11-18/h12-14,19H,5-9,11H2,1-4H3. The molecule has 0 bridgehead atoms. The van der Waals surface area contributed by atoms with Gasteiger partial charge in [-0.2, -0.15) is 5.26 Å². The monoisotopic (exact) mass is 264 g/mol. The molecule has 0 aromatic heterocycles. The second-order valence-corrected chi connectivity index (χ2v) is 7.90. The smallest absolute Gasteiger partial charge is 0.0758 e. The van der Waals surface area contributed by atoms with E-state index in [9.17, 15) is 10.4 Å². The van der Waals surface area contributed by atoms with Crippen molar-refractivity contribution in [3.05, 3.63) is 0 Å². The highest BCUT2D eigenvalue weighted by molar-refractivity contribution is 5.02. The van der Waals surface area contributed by atoms with Crippen molar-refractivity contribution in [1.29, 1.82) is 5.26 Å². The topological polar surface area (TPSA) is 47.3 Å². The zero-order chi connectivity index (χ0) is 14.3. The highest BCUT2D eigenvalue weighted by Gasteiger charge is 2.42. The first-order valence-electron chi connectivity index (χ1n) is 7.59. The third-order valence-electron chi connectivity index (χ3n) is 5.16. The number of hydrogen-bond donors (Lipinski definition) is 1. The van der Waals surface area contributed by atoms with Crippen LogP contribution in [0.5, 0.6) is 0 Å². The zero-order valence-electron chi connectivity index (χ0n) is 12.8. The fourth-order valence-corrected chi connectivity index (χ4v) is 3.75. The first-order valence-corrected chi connectivity index (χ1v) is 7.59. The van der Waals surface area contributed by atoms with Crippen molar-refractivity contribution in [1.82, 2.24) is 4.90 Å². The number of β-amino-alcohol motifs (C(OH)–C–C–N with tert-alkyl or cyclic N) is 1. The van der Waals surface area contributed by atoms with Crippen LogP contribution in [0.25, 0.3) is 0 Å². The van der Waals surface area contributed by atoms with E-state index in [1.165, 1.54) is 6.42 Å². The van der Waals surface area contributed by atoms with Crippen LogP contribution in [0, 0.1) is 28.6 Å². The van der Waals surface area contributed by atoms with Crippen molar-refractivity contribution in [3.8, 4) is 6.07 Å². The molecule has 1 aliphatic heterocycles. The molecule has 3 nitrogen and oxygen atoms in total. The van der Waals surface area contributed by atoms with Crippen LogP contribution in [0.3, 0.4) is 0 Å². The van der Waals surface area contributed by atoms with Crippen molar-refractivity contribution >= 4 is 0 Å². The quantitative estimate of drug-likeness (QED) is 0.792. The summed E-state index contributed by atoms with van der Waals surface area (Å²) in [5, 5.41) is 19.6. The van der Waals surface area contributed by atoms with Crippen molar-refractivity contribution in [2.75, 3.05) is 13.1 Å². The van der Waals surface area contributed by atoms with Crippen LogP contribution in [0.4, 0.5) is 0 Å². The fraction of sp³-hybridized carbons (Fsp3) is 0.938. The molecule has 1 heterocycles. The molecule has 0 aromatic carbocycles. The molecule has 2 rings (SSSR count). The summed E-state index contributed by atoms with van der Waals surface area (Å²) in [6, 6.07) is 2.85. The van der Waals surface area contributed by atoms with Crippen molar-refractivity contribution in [3.63, 3.8) is 0 Å². The van der Waals surface area contributed by atoms with E-state index in [1.54, 1.807) is 0 Å². The molecule has 19 heavy (non-hydrogen) atoms. The van der Waals surface area contributed by atoms with E-state index in [1.807, 2.05) is 6.92 Å². The van der Waals surface area contributed by atoms with Crippen LogP contribution in [-0.2, 0) is 0 Å². The molecular formula is C16H28N2O. The normalized spacial score (nSPS) is 41.2. The Morgan fingerprint density at radius 2 is 2.00 bits per heavy atom. The Hall–Kier alpha value is -0.590. The first-order chi connectivity index (χ1) is 8.73. The van der Waals surface area contributed by atoms with E-state index in [0.717, 1.165) is 32.4 Å². The van der Waals surface area contributed by atoms with Gasteiger partial charge in [0.05, 0.1) is 17.6 Å². The Balaban J connectivity index is 2.09. The highest BCUT2D eigenvalue weighted by atomic mass is 16.3. The van der Waals surface area contributed by atoms with Gasteiger partial charge >= 0.3 is 0 Å². The van der Waals surface area contributed by atoms with Gasteiger partial charge in [0.1, 0.15) is 0 Å². The summed E-state index contributed by atoms with van der Waals surface area (Å²) in [6.45, 7) is 10.5. The lowest BCUT2D eigenvalue weighted by Crippen LogP contribution is -2.46. The molecule has 2 aliphatic rings. The molecule has 2 fully saturated rings. The van der Waals surface area contributed by atoms with E-state index in [4.69, 9.17) is 0 Å². The molecular weight excluding hydrogens is 236 g/mol. The fourth-order valence-electron chi connectivity index (χ4n) is 3.75. The first kappa shape index (κ1) is 14.8. The number of hydrogen-bond acceptors (Lipinski definition) is 3. The number of likely N-dealkylation sites (tertiary alicyclic amines) is 1. The van der Waals surface area contributed by atoms with Crippen LogP contribution in [0.2, 0.25) is 0 Å². The molecule has 1 N–H and O–H groups in total. The van der Waals surface area contributed by atoms with Crippen molar-refractivity contribution < 1.29 is 5.11 Å². The van der Waals surface area contributed by atoms with Crippen LogP contribution in [0.15, 0.2) is 0 Å². The molecule has 0 amide bonds. The minimum absolute atomic E-state index is 0.146. The summed E-state index contributed by atoms with van der Waals surface area (Å²) in [4.78, 5) is 2.37. The predicted octanol–water partition coefficient (Wildman–Crippen LogP) is 2.80. The summed E-state index contributed by atoms with van der Waals surface area (Å²) in [6.07, 6.45) is 4.13. The third kappa shape index (κ3) is 3.30. The van der Waals surface area contributed by atoms with Gasteiger partial charge in [-0.15, -0.1) is 0 Å². The van der Waals surface area contributed by atoms with Crippen molar-refractivity contribution in [2.45, 2.75) is 65.0 Å². The summed E-state index contributed by atoms with van der Waals surface area (Å²) < 4.78 is 0. The number of nitrogens with zero attached hydrogens (tertiary/aromatic N) is 2. The molecule has 4 unspecified atom stereocenters. The second kappa shape index (κ2) is 5.07. The SMILES string of the molecule is CC1(O)CCN(C2CC(C(C)(C)C)CCC2C#N)C1. The second-order valence-electron chi connectivity index (χ2n) is 7.90. The van der Waals surface area contributed by atoms with Gasteiger partial charge in [-0.25, -0.2) is 0 Å². The summed E-state index contributed by atoms with van der Waals surface area (Å²) in [7, 11) is 0. The maximum absolute atomic E-state index is 10.2. The number of aliphatic hydroxyl groups is 1. The highest BCUT2D eigenvalue weighted by Crippen LogP contribution is 2.42. The van der Waals surface area contributed by atoms with E-state index in [-0.39, 0.29) is 5.92 Å². The lowest BCUT2D eigenvalue weighted by atomic mass is 9.68. The van der Waals surface area contributed by atoms with Crippen LogP contribution in [-0.4, -0.2) is 34.7 Å². The van der Waals surface area contributed by atoms with Gasteiger partial charge in [-0.1, -0.05) is 20.8 Å². The van der Waals surface area contributed by atoms with Crippen molar-refractivity contribution in [2.24, 2.45) is 17.3 Å². The number of nitriles is 1. The maximum atomic E-state index is 10.2. The average Bonchev–Trinajstić information content (AvgIpc) is 2.67. The van der Waals surface area contributed by atoms with Crippen LogP contribution >= 0.6 is 0 Å². The van der Waals surface area contributed by atoms with Gasteiger partial charge < -0.3 is 5.11 Å². The predicted molar refractivity (Wildman–Crippen MR) is 76.5 cm³/mol. The molecule has 0 radical (unpaired) electrons. The zero-order valence-corrected chi connectivity index (χ0v) is 12.8. The minimum atomic E-state index is -0.561. The van der Waals surface area contributed by atoms with Gasteiger partial charge in [0.25, 0.3) is 0 Å². The number of rotatable bonds is 1. The molecule has 1 aliphatic carbocycles. The molecule has 4 atom stereocenters. The molecule has 1 saturated heterocycles.